The van der Waals surface area contributed by atoms with E-state index in [2.05, 4.69) is 15.0 Å². The normalized spacial score (nSPS) is 11.2. The Balaban J connectivity index is 2.33. The number of nitrogens with one attached hydrogen (secondary N) is 2. The lowest BCUT2D eigenvalue weighted by molar-refractivity contribution is 0.0953. The zero-order chi connectivity index (χ0) is 13.6. The van der Waals surface area contributed by atoms with E-state index in [0.717, 1.165) is 6.26 Å². The Morgan fingerprint density at radius 2 is 2.17 bits per heavy atom. The number of amides is 1. The van der Waals surface area contributed by atoms with Crippen LogP contribution in [0.2, 0.25) is 5.02 Å². The summed E-state index contributed by atoms with van der Waals surface area (Å²) in [5, 5.41) is 2.92. The molecule has 0 bridgehead atoms. The van der Waals surface area contributed by atoms with Crippen molar-refractivity contribution in [2.45, 2.75) is 6.42 Å². The molecular weight excluding hydrogens is 278 g/mol. The average molecular weight is 292 g/mol. The number of pyridine rings is 1. The molecule has 0 aliphatic heterocycles. The summed E-state index contributed by atoms with van der Waals surface area (Å²) >= 11 is 5.80. The average Bonchev–Trinajstić information content (AvgIpc) is 2.27. The summed E-state index contributed by atoms with van der Waals surface area (Å²) in [6.07, 6.45) is 4.46. The van der Waals surface area contributed by atoms with Crippen molar-refractivity contribution in [2.24, 2.45) is 0 Å². The Morgan fingerprint density at radius 3 is 2.78 bits per heavy atom. The van der Waals surface area contributed by atoms with Crippen molar-refractivity contribution < 1.29 is 13.2 Å². The largest absolute Gasteiger partial charge is 0.352 e. The fourth-order valence-corrected chi connectivity index (χ4v) is 1.92. The maximum Gasteiger partial charge on any atom is 0.252 e. The van der Waals surface area contributed by atoms with Gasteiger partial charge in [-0.1, -0.05) is 11.6 Å². The van der Waals surface area contributed by atoms with Crippen LogP contribution in [0.4, 0.5) is 0 Å². The third kappa shape index (κ3) is 5.44. The summed E-state index contributed by atoms with van der Waals surface area (Å²) < 4.78 is 23.9. The number of hydrogen-bond donors (Lipinski definition) is 2. The molecule has 1 aromatic heterocycles. The summed E-state index contributed by atoms with van der Waals surface area (Å²) in [5.74, 6) is -0.304. The van der Waals surface area contributed by atoms with E-state index in [1.807, 2.05) is 0 Å². The number of sulfonamides is 1. The van der Waals surface area contributed by atoms with Crippen molar-refractivity contribution in [3.63, 3.8) is 0 Å². The second kappa shape index (κ2) is 6.67. The van der Waals surface area contributed by atoms with E-state index in [9.17, 15) is 13.2 Å². The molecular formula is C10H14ClN3O3S. The summed E-state index contributed by atoms with van der Waals surface area (Å²) in [4.78, 5) is 15.4. The van der Waals surface area contributed by atoms with Crippen LogP contribution in [0.25, 0.3) is 0 Å². The molecule has 2 N–H and O–H groups in total. The lowest BCUT2D eigenvalue weighted by atomic mass is 10.2. The number of halogens is 1. The molecule has 0 saturated carbocycles. The van der Waals surface area contributed by atoms with Gasteiger partial charge in [-0.25, -0.2) is 13.1 Å². The predicted molar refractivity (Wildman–Crippen MR) is 69.0 cm³/mol. The van der Waals surface area contributed by atoms with Gasteiger partial charge in [-0.3, -0.25) is 9.78 Å². The Labute approximate surface area is 111 Å². The summed E-state index contributed by atoms with van der Waals surface area (Å²) in [5.41, 5.74) is 0.350. The topological polar surface area (TPSA) is 88.2 Å². The van der Waals surface area contributed by atoms with E-state index in [1.54, 1.807) is 0 Å². The Kier molecular flexibility index (Phi) is 5.52. The lowest BCUT2D eigenvalue weighted by Crippen LogP contribution is -2.29. The fraction of sp³-hybridized carbons (Fsp3) is 0.400. The fourth-order valence-electron chi connectivity index (χ4n) is 1.20. The van der Waals surface area contributed by atoms with E-state index in [1.165, 1.54) is 18.5 Å². The molecule has 6 nitrogen and oxygen atoms in total. The molecule has 1 rings (SSSR count). The first-order chi connectivity index (χ1) is 8.40. The van der Waals surface area contributed by atoms with Gasteiger partial charge in [-0.05, 0) is 12.5 Å². The molecule has 8 heteroatoms. The van der Waals surface area contributed by atoms with Crippen molar-refractivity contribution in [3.8, 4) is 0 Å². The van der Waals surface area contributed by atoms with E-state index in [-0.39, 0.29) is 17.5 Å². The molecule has 18 heavy (non-hydrogen) atoms. The van der Waals surface area contributed by atoms with Gasteiger partial charge >= 0.3 is 0 Å². The molecule has 100 valence electrons. The number of carbonyl (C=O) groups is 1. The van der Waals surface area contributed by atoms with Crippen LogP contribution in [0, 0.1) is 0 Å². The van der Waals surface area contributed by atoms with E-state index >= 15 is 0 Å². The van der Waals surface area contributed by atoms with Crippen LogP contribution < -0.4 is 10.0 Å². The maximum atomic E-state index is 11.7. The second-order valence-electron chi connectivity index (χ2n) is 3.63. The highest BCUT2D eigenvalue weighted by Crippen LogP contribution is 2.12. The zero-order valence-electron chi connectivity index (χ0n) is 9.81. The van der Waals surface area contributed by atoms with Crippen LogP contribution >= 0.6 is 11.6 Å². The second-order valence-corrected chi connectivity index (χ2v) is 5.87. The molecule has 0 spiro atoms. The van der Waals surface area contributed by atoms with Gasteiger partial charge in [-0.2, -0.15) is 0 Å². The van der Waals surface area contributed by atoms with Crippen LogP contribution in [0.5, 0.6) is 0 Å². The Bertz CT molecular complexity index is 519. The van der Waals surface area contributed by atoms with Gasteiger partial charge in [0.1, 0.15) is 0 Å². The van der Waals surface area contributed by atoms with Gasteiger partial charge < -0.3 is 5.32 Å². The standard InChI is InChI=1S/C10H14ClN3O3S/c1-18(16,17)14-5-2-4-13-10(15)8-3-6-12-7-9(8)11/h3,6-7,14H,2,4-5H2,1H3,(H,13,15). The smallest absolute Gasteiger partial charge is 0.252 e. The molecule has 1 amide bonds. The highest BCUT2D eigenvalue weighted by atomic mass is 35.5. The van der Waals surface area contributed by atoms with Crippen LogP contribution in [0.3, 0.4) is 0 Å². The maximum absolute atomic E-state index is 11.7. The molecule has 0 aliphatic rings. The van der Waals surface area contributed by atoms with Crippen molar-refractivity contribution in [1.82, 2.24) is 15.0 Å². The van der Waals surface area contributed by atoms with Crippen molar-refractivity contribution in [3.05, 3.63) is 29.0 Å². The number of nitrogens with zero attached hydrogens (tertiary/aromatic N) is 1. The van der Waals surface area contributed by atoms with Crippen LogP contribution in [0.15, 0.2) is 18.5 Å². The van der Waals surface area contributed by atoms with E-state index < -0.39 is 10.0 Å². The minimum atomic E-state index is -3.18. The third-order valence-electron chi connectivity index (χ3n) is 2.02. The quantitative estimate of drug-likeness (QED) is 0.743. The highest BCUT2D eigenvalue weighted by molar-refractivity contribution is 7.88. The molecule has 0 saturated heterocycles. The van der Waals surface area contributed by atoms with Gasteiger partial charge in [0.15, 0.2) is 0 Å². The van der Waals surface area contributed by atoms with Crippen LogP contribution in [0.1, 0.15) is 16.8 Å². The molecule has 0 aliphatic carbocycles. The van der Waals surface area contributed by atoms with Crippen molar-refractivity contribution >= 4 is 27.5 Å². The molecule has 0 unspecified atom stereocenters. The molecule has 1 aromatic rings. The highest BCUT2D eigenvalue weighted by Gasteiger charge is 2.08. The number of rotatable bonds is 6. The van der Waals surface area contributed by atoms with E-state index in [0.29, 0.717) is 18.5 Å². The first kappa shape index (κ1) is 14.9. The van der Waals surface area contributed by atoms with Crippen LogP contribution in [-0.4, -0.2) is 38.7 Å². The Hall–Kier alpha value is -1.18. The number of carbonyl (C=O) groups excluding carboxylic acids is 1. The minimum Gasteiger partial charge on any atom is -0.352 e. The zero-order valence-corrected chi connectivity index (χ0v) is 11.4. The summed E-state index contributed by atoms with van der Waals surface area (Å²) in [6, 6.07) is 1.52. The summed E-state index contributed by atoms with van der Waals surface area (Å²) in [7, 11) is -3.18. The van der Waals surface area contributed by atoms with Gasteiger partial charge in [0.2, 0.25) is 10.0 Å². The van der Waals surface area contributed by atoms with Crippen molar-refractivity contribution in [2.75, 3.05) is 19.3 Å². The lowest BCUT2D eigenvalue weighted by Gasteiger charge is -2.06. The predicted octanol–water partition coefficient (Wildman–Crippen LogP) is 0.404. The van der Waals surface area contributed by atoms with E-state index in [4.69, 9.17) is 11.6 Å². The first-order valence-electron chi connectivity index (χ1n) is 5.22. The SMILES string of the molecule is CS(=O)(=O)NCCCNC(=O)c1ccncc1Cl. The van der Waals surface area contributed by atoms with Gasteiger partial charge in [0.25, 0.3) is 5.91 Å². The molecule has 0 fully saturated rings. The third-order valence-corrected chi connectivity index (χ3v) is 3.05. The van der Waals surface area contributed by atoms with Crippen molar-refractivity contribution in [1.29, 1.82) is 0 Å². The number of hydrogen-bond acceptors (Lipinski definition) is 4. The Morgan fingerprint density at radius 1 is 1.44 bits per heavy atom. The van der Waals surface area contributed by atoms with Gasteiger partial charge in [0, 0.05) is 25.5 Å². The molecule has 0 radical (unpaired) electrons. The minimum absolute atomic E-state index is 0.281. The molecule has 0 atom stereocenters. The van der Waals surface area contributed by atoms with Gasteiger partial charge in [-0.15, -0.1) is 0 Å². The van der Waals surface area contributed by atoms with Gasteiger partial charge in [0.05, 0.1) is 16.8 Å². The molecule has 0 aromatic carbocycles. The number of aromatic nitrogens is 1. The first-order valence-corrected chi connectivity index (χ1v) is 7.49. The molecule has 1 heterocycles. The summed E-state index contributed by atoms with van der Waals surface area (Å²) in [6.45, 7) is 0.642. The monoisotopic (exact) mass is 291 g/mol. The van der Waals surface area contributed by atoms with Crippen LogP contribution in [-0.2, 0) is 10.0 Å².